The lowest BCUT2D eigenvalue weighted by atomic mass is 9.86. The minimum absolute atomic E-state index is 0.557. The molecule has 2 unspecified atom stereocenters. The second-order valence-corrected chi connectivity index (χ2v) is 11.2. The molecule has 2 bridgehead atoms. The van der Waals surface area contributed by atoms with E-state index in [1.54, 1.807) is 0 Å². The summed E-state index contributed by atoms with van der Waals surface area (Å²) < 4.78 is 1.93. The molecule has 202 valence electrons. The molecule has 1 N–H and O–H groups in total. The van der Waals surface area contributed by atoms with Crippen LogP contribution in [0.3, 0.4) is 0 Å². The van der Waals surface area contributed by atoms with E-state index in [9.17, 15) is 0 Å². The predicted octanol–water partition coefficient (Wildman–Crippen LogP) is 4.43. The highest BCUT2D eigenvalue weighted by Gasteiger charge is 2.44. The van der Waals surface area contributed by atoms with Gasteiger partial charge in [-0.2, -0.15) is 10.2 Å². The standard InChI is InChI=1S/C31H33N9/c1-20-14-33-40(16-20)27-7-4-23(5-8-27)17-39-28-13-29(39)19-38(18-28)30-9-6-24(15-32-30)31-34-21(2)10-25(35-31)12-26-11-22(3)36-37-26/h4-11,14-16,28-29H,12-13,17-19H2,1-3H3,(H,36,37). The molecule has 7 heterocycles. The van der Waals surface area contributed by atoms with E-state index in [0.717, 1.165) is 59.5 Å². The molecule has 2 atom stereocenters. The van der Waals surface area contributed by atoms with E-state index in [-0.39, 0.29) is 0 Å². The topological polar surface area (TPSA) is 91.7 Å². The Morgan fingerprint density at radius 3 is 2.40 bits per heavy atom. The summed E-state index contributed by atoms with van der Waals surface area (Å²) in [5.41, 5.74) is 8.48. The summed E-state index contributed by atoms with van der Waals surface area (Å²) in [6.45, 7) is 9.06. The highest BCUT2D eigenvalue weighted by molar-refractivity contribution is 5.57. The van der Waals surface area contributed by atoms with E-state index in [4.69, 9.17) is 9.97 Å². The third-order valence-electron chi connectivity index (χ3n) is 7.98. The number of benzene rings is 1. The van der Waals surface area contributed by atoms with Gasteiger partial charge >= 0.3 is 0 Å². The first kappa shape index (κ1) is 24.7. The van der Waals surface area contributed by atoms with E-state index in [2.05, 4.69) is 85.7 Å². The average Bonchev–Trinajstić information content (AvgIpc) is 3.59. The number of pyridine rings is 1. The summed E-state index contributed by atoms with van der Waals surface area (Å²) in [7, 11) is 0. The van der Waals surface area contributed by atoms with Gasteiger partial charge in [-0.15, -0.1) is 0 Å². The van der Waals surface area contributed by atoms with E-state index in [1.807, 2.05) is 37.0 Å². The van der Waals surface area contributed by atoms with E-state index in [0.29, 0.717) is 24.3 Å². The van der Waals surface area contributed by atoms with Gasteiger partial charge < -0.3 is 4.90 Å². The first-order valence-corrected chi connectivity index (χ1v) is 13.9. The molecule has 8 rings (SSSR count). The minimum atomic E-state index is 0.557. The fraction of sp³-hybridized carbons (Fsp3) is 0.323. The van der Waals surface area contributed by atoms with Gasteiger partial charge in [0.05, 0.1) is 23.3 Å². The summed E-state index contributed by atoms with van der Waals surface area (Å²) in [4.78, 5) is 19.4. The summed E-state index contributed by atoms with van der Waals surface area (Å²) in [5, 5.41) is 11.8. The highest BCUT2D eigenvalue weighted by atomic mass is 15.4. The van der Waals surface area contributed by atoms with E-state index < -0.39 is 0 Å². The van der Waals surface area contributed by atoms with Crippen LogP contribution in [0.1, 0.15) is 40.3 Å². The predicted molar refractivity (Wildman–Crippen MR) is 154 cm³/mol. The van der Waals surface area contributed by atoms with Gasteiger partial charge in [0, 0.05) is 67.5 Å². The fourth-order valence-corrected chi connectivity index (χ4v) is 5.96. The first-order chi connectivity index (χ1) is 19.5. The van der Waals surface area contributed by atoms with Crippen molar-refractivity contribution >= 4 is 5.82 Å². The van der Waals surface area contributed by atoms with Crippen molar-refractivity contribution in [1.82, 2.24) is 39.8 Å². The number of aromatic amines is 1. The first-order valence-electron chi connectivity index (χ1n) is 13.9. The number of nitrogens with one attached hydrogen (secondary N) is 1. The normalized spacial score (nSPS) is 18.6. The number of hydrogen-bond acceptors (Lipinski definition) is 7. The monoisotopic (exact) mass is 531 g/mol. The smallest absolute Gasteiger partial charge is 0.161 e. The fourth-order valence-electron chi connectivity index (χ4n) is 5.96. The molecule has 3 saturated heterocycles. The van der Waals surface area contributed by atoms with Gasteiger partial charge in [-0.3, -0.25) is 10.00 Å². The van der Waals surface area contributed by atoms with Crippen LogP contribution in [0.5, 0.6) is 0 Å². The van der Waals surface area contributed by atoms with Crippen molar-refractivity contribution in [2.24, 2.45) is 0 Å². The molecule has 0 spiro atoms. The summed E-state index contributed by atoms with van der Waals surface area (Å²) in [5.74, 6) is 1.74. The average molecular weight is 532 g/mol. The maximum Gasteiger partial charge on any atom is 0.161 e. The molecule has 3 fully saturated rings. The van der Waals surface area contributed by atoms with Gasteiger partial charge in [0.2, 0.25) is 0 Å². The van der Waals surface area contributed by atoms with Gasteiger partial charge in [-0.05, 0) is 74.7 Å². The van der Waals surface area contributed by atoms with Crippen LogP contribution in [0.2, 0.25) is 0 Å². The molecule has 4 aromatic heterocycles. The van der Waals surface area contributed by atoms with Crippen molar-refractivity contribution in [3.05, 3.63) is 101 Å². The molecule has 1 aromatic carbocycles. The largest absolute Gasteiger partial charge is 0.353 e. The van der Waals surface area contributed by atoms with E-state index >= 15 is 0 Å². The van der Waals surface area contributed by atoms with Crippen molar-refractivity contribution < 1.29 is 0 Å². The van der Waals surface area contributed by atoms with Gasteiger partial charge in [0.25, 0.3) is 0 Å². The zero-order valence-corrected chi connectivity index (χ0v) is 23.1. The van der Waals surface area contributed by atoms with Crippen LogP contribution in [-0.4, -0.2) is 65.0 Å². The van der Waals surface area contributed by atoms with Gasteiger partial charge in [0.15, 0.2) is 5.82 Å². The van der Waals surface area contributed by atoms with Gasteiger partial charge in [-0.25, -0.2) is 19.6 Å². The Bertz CT molecular complexity index is 1620. The number of nitrogens with zero attached hydrogens (tertiary/aromatic N) is 8. The lowest BCUT2D eigenvalue weighted by molar-refractivity contribution is -0.00867. The van der Waals surface area contributed by atoms with Gasteiger partial charge in [0.1, 0.15) is 5.82 Å². The number of aryl methyl sites for hydroxylation is 3. The summed E-state index contributed by atoms with van der Waals surface area (Å²) >= 11 is 0. The number of aromatic nitrogens is 7. The van der Waals surface area contributed by atoms with Crippen molar-refractivity contribution in [2.75, 3.05) is 18.0 Å². The number of hydrogen-bond donors (Lipinski definition) is 1. The Kier molecular flexibility index (Phi) is 6.15. The van der Waals surface area contributed by atoms with Crippen molar-refractivity contribution in [1.29, 1.82) is 0 Å². The zero-order chi connectivity index (χ0) is 27.2. The Hall–Kier alpha value is -4.37. The maximum atomic E-state index is 4.83. The Morgan fingerprint density at radius 1 is 0.900 bits per heavy atom. The molecule has 0 radical (unpaired) electrons. The summed E-state index contributed by atoms with van der Waals surface area (Å²) in [6, 6.07) is 18.2. The van der Waals surface area contributed by atoms with Crippen molar-refractivity contribution in [3.63, 3.8) is 0 Å². The molecule has 5 aromatic rings. The Balaban J connectivity index is 0.991. The number of fused-ring (bicyclic) bond motifs is 2. The molecule has 0 aliphatic carbocycles. The van der Waals surface area contributed by atoms with Crippen LogP contribution >= 0.6 is 0 Å². The SMILES string of the molecule is Cc1cnn(-c2ccc(CN3C4CC3CN(c3ccc(-c5nc(C)cc(Cc6cc(C)[nH]n6)n5)cn3)C4)cc2)c1. The third kappa shape index (κ3) is 4.88. The molecule has 9 heteroatoms. The van der Waals surface area contributed by atoms with Crippen LogP contribution < -0.4 is 4.90 Å². The lowest BCUT2D eigenvalue weighted by Crippen LogP contribution is -2.68. The van der Waals surface area contributed by atoms with Crippen LogP contribution in [-0.2, 0) is 13.0 Å². The number of H-pyrrole nitrogens is 1. The Morgan fingerprint density at radius 2 is 1.73 bits per heavy atom. The van der Waals surface area contributed by atoms with Gasteiger partial charge in [-0.1, -0.05) is 12.1 Å². The zero-order valence-electron chi connectivity index (χ0n) is 23.1. The third-order valence-corrected chi connectivity index (χ3v) is 7.98. The summed E-state index contributed by atoms with van der Waals surface area (Å²) in [6.07, 6.45) is 7.79. The molecule has 0 saturated carbocycles. The molecule has 9 nitrogen and oxygen atoms in total. The number of piperidine rings is 1. The lowest BCUT2D eigenvalue weighted by Gasteiger charge is -2.56. The second kappa shape index (κ2) is 9.98. The molecular weight excluding hydrogens is 498 g/mol. The molecule has 3 aliphatic heterocycles. The van der Waals surface area contributed by atoms with Crippen LogP contribution in [0.25, 0.3) is 17.1 Å². The van der Waals surface area contributed by atoms with Crippen LogP contribution in [0.4, 0.5) is 5.82 Å². The Labute approximate surface area is 233 Å². The van der Waals surface area contributed by atoms with Crippen molar-refractivity contribution in [3.8, 4) is 17.1 Å². The number of piperazine rings is 1. The molecule has 40 heavy (non-hydrogen) atoms. The number of anilines is 1. The minimum Gasteiger partial charge on any atom is -0.353 e. The molecular formula is C31H33N9. The molecule has 0 amide bonds. The quantitative estimate of drug-likeness (QED) is 0.332. The van der Waals surface area contributed by atoms with Crippen molar-refractivity contribution in [2.45, 2.75) is 52.2 Å². The van der Waals surface area contributed by atoms with E-state index in [1.165, 1.54) is 17.5 Å². The highest BCUT2D eigenvalue weighted by Crippen LogP contribution is 2.35. The second-order valence-electron chi connectivity index (χ2n) is 11.2. The maximum absolute atomic E-state index is 4.83. The number of rotatable bonds is 7. The van der Waals surface area contributed by atoms with Crippen LogP contribution in [0, 0.1) is 20.8 Å². The molecule has 3 aliphatic rings. The van der Waals surface area contributed by atoms with Crippen LogP contribution in [0.15, 0.2) is 67.1 Å².